The Kier molecular flexibility index (Phi) is 4.08. The van der Waals surface area contributed by atoms with Gasteiger partial charge >= 0.3 is 0 Å². The maximum atomic E-state index is 12.3. The van der Waals surface area contributed by atoms with Gasteiger partial charge in [0.05, 0.1) is 18.2 Å². The summed E-state index contributed by atoms with van der Waals surface area (Å²) in [7, 11) is 0. The van der Waals surface area contributed by atoms with Gasteiger partial charge in [-0.05, 0) is 30.7 Å². The first-order valence-electron chi connectivity index (χ1n) is 9.22. The van der Waals surface area contributed by atoms with E-state index in [1.807, 2.05) is 58.1 Å². The summed E-state index contributed by atoms with van der Waals surface area (Å²) in [6, 6.07) is 11.5. The fraction of sp³-hybridized carbons (Fsp3) is 0.250. The highest BCUT2D eigenvalue weighted by atomic mass is 16.5. The molecule has 1 aliphatic rings. The molecule has 1 atom stereocenters. The van der Waals surface area contributed by atoms with Crippen molar-refractivity contribution in [3.63, 3.8) is 0 Å². The van der Waals surface area contributed by atoms with Crippen LogP contribution in [-0.2, 0) is 11.3 Å². The second kappa shape index (κ2) is 6.88. The SMILES string of the molecule is O=C1CC[C@@H](c2nc(-c3cn4ccccc4n3)no2)CN1Cc1ccccn1. The van der Waals surface area contributed by atoms with E-state index in [0.29, 0.717) is 43.3 Å². The Bertz CT molecular complexity index is 1090. The number of imidazole rings is 1. The van der Waals surface area contributed by atoms with Crippen molar-refractivity contribution in [2.75, 3.05) is 6.54 Å². The van der Waals surface area contributed by atoms with Gasteiger partial charge in [0.2, 0.25) is 17.6 Å². The van der Waals surface area contributed by atoms with Crippen LogP contribution in [0.4, 0.5) is 0 Å². The van der Waals surface area contributed by atoms with E-state index in [2.05, 4.69) is 20.1 Å². The van der Waals surface area contributed by atoms with Gasteiger partial charge in [0, 0.05) is 31.6 Å². The lowest BCUT2D eigenvalue weighted by atomic mass is 9.97. The first kappa shape index (κ1) is 16.6. The number of likely N-dealkylation sites (tertiary alicyclic amines) is 1. The summed E-state index contributed by atoms with van der Waals surface area (Å²) in [6.45, 7) is 1.03. The van der Waals surface area contributed by atoms with Crippen LogP contribution in [0.15, 0.2) is 59.5 Å². The molecule has 28 heavy (non-hydrogen) atoms. The van der Waals surface area contributed by atoms with Crippen LogP contribution in [0.25, 0.3) is 17.2 Å². The molecule has 8 nitrogen and oxygen atoms in total. The second-order valence-corrected chi connectivity index (χ2v) is 6.88. The quantitative estimate of drug-likeness (QED) is 0.546. The average Bonchev–Trinajstić information content (AvgIpc) is 3.37. The van der Waals surface area contributed by atoms with Gasteiger partial charge in [-0.25, -0.2) is 4.98 Å². The molecular weight excluding hydrogens is 356 g/mol. The average molecular weight is 374 g/mol. The normalized spacial score (nSPS) is 17.4. The first-order valence-corrected chi connectivity index (χ1v) is 9.22. The first-order chi connectivity index (χ1) is 13.8. The molecule has 1 fully saturated rings. The molecule has 5 rings (SSSR count). The zero-order valence-corrected chi connectivity index (χ0v) is 15.1. The van der Waals surface area contributed by atoms with Crippen LogP contribution in [0.2, 0.25) is 0 Å². The van der Waals surface area contributed by atoms with Crippen LogP contribution < -0.4 is 0 Å². The van der Waals surface area contributed by atoms with Crippen LogP contribution in [0.3, 0.4) is 0 Å². The lowest BCUT2D eigenvalue weighted by Crippen LogP contribution is -2.38. The van der Waals surface area contributed by atoms with Crippen molar-refractivity contribution < 1.29 is 9.32 Å². The Hall–Kier alpha value is -3.55. The molecule has 8 heteroatoms. The fourth-order valence-electron chi connectivity index (χ4n) is 3.50. The second-order valence-electron chi connectivity index (χ2n) is 6.88. The molecule has 140 valence electrons. The third-order valence-corrected chi connectivity index (χ3v) is 4.96. The molecular formula is C20H18N6O2. The van der Waals surface area contributed by atoms with E-state index in [4.69, 9.17) is 4.52 Å². The molecule has 4 aromatic heterocycles. The van der Waals surface area contributed by atoms with Crippen molar-refractivity contribution in [1.82, 2.24) is 29.4 Å². The smallest absolute Gasteiger partial charge is 0.231 e. The summed E-state index contributed by atoms with van der Waals surface area (Å²) in [6.07, 6.45) is 6.70. The summed E-state index contributed by atoms with van der Waals surface area (Å²) in [5.74, 6) is 1.15. The van der Waals surface area contributed by atoms with Crippen LogP contribution in [0, 0.1) is 0 Å². The molecule has 0 spiro atoms. The third-order valence-electron chi connectivity index (χ3n) is 4.96. The van der Waals surface area contributed by atoms with Gasteiger partial charge in [0.25, 0.3) is 0 Å². The standard InChI is InChI=1S/C20H18N6O2/c27-18-8-7-14(11-26(18)12-15-5-1-3-9-21-15)20-23-19(24-28-20)16-13-25-10-4-2-6-17(25)22-16/h1-6,9-10,13-14H,7-8,11-12H2/t14-/m1/s1. The number of hydrogen-bond donors (Lipinski definition) is 0. The molecule has 1 saturated heterocycles. The molecule has 0 aliphatic carbocycles. The number of amides is 1. The minimum Gasteiger partial charge on any atom is -0.339 e. The highest BCUT2D eigenvalue weighted by Crippen LogP contribution is 2.28. The van der Waals surface area contributed by atoms with Gasteiger partial charge in [-0.2, -0.15) is 4.98 Å². The lowest BCUT2D eigenvalue weighted by molar-refractivity contribution is -0.134. The van der Waals surface area contributed by atoms with Gasteiger partial charge < -0.3 is 13.8 Å². The van der Waals surface area contributed by atoms with Gasteiger partial charge in [0.15, 0.2) is 0 Å². The number of hydrogen-bond acceptors (Lipinski definition) is 6. The van der Waals surface area contributed by atoms with Crippen molar-refractivity contribution in [1.29, 1.82) is 0 Å². The van der Waals surface area contributed by atoms with E-state index in [1.54, 1.807) is 6.20 Å². The molecule has 0 radical (unpaired) electrons. The van der Waals surface area contributed by atoms with Crippen molar-refractivity contribution in [2.45, 2.75) is 25.3 Å². The molecule has 1 amide bonds. The number of nitrogens with zero attached hydrogens (tertiary/aromatic N) is 6. The largest absolute Gasteiger partial charge is 0.339 e. The lowest BCUT2D eigenvalue weighted by Gasteiger charge is -2.30. The van der Waals surface area contributed by atoms with Gasteiger partial charge in [0.1, 0.15) is 11.3 Å². The predicted molar refractivity (Wildman–Crippen MR) is 100 cm³/mol. The number of carbonyl (C=O) groups excluding carboxylic acids is 1. The Morgan fingerprint density at radius 1 is 1.14 bits per heavy atom. The fourth-order valence-corrected chi connectivity index (χ4v) is 3.50. The number of rotatable bonds is 4. The Morgan fingerprint density at radius 3 is 2.93 bits per heavy atom. The van der Waals surface area contributed by atoms with Gasteiger partial charge in [-0.1, -0.05) is 17.3 Å². The number of fused-ring (bicyclic) bond motifs is 1. The maximum Gasteiger partial charge on any atom is 0.231 e. The van der Waals surface area contributed by atoms with Crippen molar-refractivity contribution in [3.05, 3.63) is 66.6 Å². The number of carbonyl (C=O) groups is 1. The molecule has 0 bridgehead atoms. The zero-order valence-electron chi connectivity index (χ0n) is 15.1. The van der Waals surface area contributed by atoms with Gasteiger partial charge in [-0.3, -0.25) is 9.78 Å². The number of aromatic nitrogens is 5. The molecule has 0 saturated carbocycles. The molecule has 1 aliphatic heterocycles. The van der Waals surface area contributed by atoms with Gasteiger partial charge in [-0.15, -0.1) is 0 Å². The zero-order chi connectivity index (χ0) is 18.9. The number of pyridine rings is 2. The molecule has 5 heterocycles. The van der Waals surface area contributed by atoms with E-state index < -0.39 is 0 Å². The summed E-state index contributed by atoms with van der Waals surface area (Å²) in [5.41, 5.74) is 2.36. The molecule has 0 unspecified atom stereocenters. The summed E-state index contributed by atoms with van der Waals surface area (Å²) in [4.78, 5) is 27.5. The highest BCUT2D eigenvalue weighted by Gasteiger charge is 2.30. The Labute approximate surface area is 160 Å². The minimum absolute atomic E-state index is 0.0136. The van der Waals surface area contributed by atoms with Crippen molar-refractivity contribution >= 4 is 11.6 Å². The number of piperidine rings is 1. The Morgan fingerprint density at radius 2 is 2.07 bits per heavy atom. The maximum absolute atomic E-state index is 12.3. The molecule has 0 aromatic carbocycles. The van der Waals surface area contributed by atoms with Crippen LogP contribution in [0.1, 0.15) is 30.3 Å². The van der Waals surface area contributed by atoms with Crippen molar-refractivity contribution in [3.8, 4) is 11.5 Å². The molecule has 0 N–H and O–H groups in total. The monoisotopic (exact) mass is 374 g/mol. The summed E-state index contributed by atoms with van der Waals surface area (Å²) in [5, 5.41) is 4.11. The highest BCUT2D eigenvalue weighted by molar-refractivity contribution is 5.77. The van der Waals surface area contributed by atoms with Crippen LogP contribution in [-0.4, -0.2) is 41.9 Å². The topological polar surface area (TPSA) is 89.4 Å². The Balaban J connectivity index is 1.35. The molecule has 4 aromatic rings. The van der Waals surface area contributed by atoms with Crippen LogP contribution >= 0.6 is 0 Å². The van der Waals surface area contributed by atoms with E-state index in [0.717, 1.165) is 11.3 Å². The van der Waals surface area contributed by atoms with Crippen molar-refractivity contribution in [2.24, 2.45) is 0 Å². The predicted octanol–water partition coefficient (Wildman–Crippen LogP) is 2.69. The van der Waals surface area contributed by atoms with E-state index >= 15 is 0 Å². The summed E-state index contributed by atoms with van der Waals surface area (Å²) >= 11 is 0. The minimum atomic E-state index is 0.0136. The van der Waals surface area contributed by atoms with E-state index in [-0.39, 0.29) is 11.8 Å². The van der Waals surface area contributed by atoms with E-state index in [9.17, 15) is 4.79 Å². The van der Waals surface area contributed by atoms with E-state index in [1.165, 1.54) is 0 Å². The third kappa shape index (κ3) is 3.13. The van der Waals surface area contributed by atoms with Crippen LogP contribution in [0.5, 0.6) is 0 Å². The summed E-state index contributed by atoms with van der Waals surface area (Å²) < 4.78 is 7.44.